The fraction of sp³-hybridized carbons (Fsp3) is 0.364. The number of carbonyl (C=O) groups is 1. The zero-order chi connectivity index (χ0) is 11.4. The number of amides is 1. The van der Waals surface area contributed by atoms with Crippen LogP contribution in [0.25, 0.3) is 0 Å². The van der Waals surface area contributed by atoms with Crippen LogP contribution in [0.2, 0.25) is 0 Å². The molecular weight excluding hydrogens is 197 g/mol. The normalized spacial score (nSPS) is 10.1. The number of hydrogen-bond donors (Lipinski definition) is 1. The highest BCUT2D eigenvalue weighted by atomic mass is 19.1. The Hall–Kier alpha value is -1.58. The predicted molar refractivity (Wildman–Crippen MR) is 55.3 cm³/mol. The van der Waals surface area contributed by atoms with E-state index >= 15 is 0 Å². The largest absolute Gasteiger partial charge is 0.507 e. The first-order valence-corrected chi connectivity index (χ1v) is 4.80. The van der Waals surface area contributed by atoms with E-state index < -0.39 is 11.7 Å². The van der Waals surface area contributed by atoms with Crippen molar-refractivity contribution in [3.8, 4) is 5.75 Å². The lowest BCUT2D eigenvalue weighted by Crippen LogP contribution is -2.28. The lowest BCUT2D eigenvalue weighted by Gasteiger charge is -2.16. The number of nitrogens with zero attached hydrogens (tertiary/aromatic N) is 1. The van der Waals surface area contributed by atoms with Crippen molar-refractivity contribution in [3.63, 3.8) is 0 Å². The van der Waals surface area contributed by atoms with Gasteiger partial charge in [0, 0.05) is 13.6 Å². The second-order valence-electron chi connectivity index (χ2n) is 3.36. The summed E-state index contributed by atoms with van der Waals surface area (Å²) < 4.78 is 13.3. The van der Waals surface area contributed by atoms with Crippen molar-refractivity contribution in [2.24, 2.45) is 0 Å². The number of carbonyl (C=O) groups excluding carboxylic acids is 1. The minimum Gasteiger partial charge on any atom is -0.507 e. The van der Waals surface area contributed by atoms with Crippen LogP contribution in [0, 0.1) is 5.82 Å². The van der Waals surface area contributed by atoms with Crippen molar-refractivity contribution in [2.45, 2.75) is 13.3 Å². The standard InChI is InChI=1S/C11H14FNO2/c1-3-7-13(2)11(15)10-8(12)5-4-6-9(10)14/h4-6,14H,3,7H2,1-2H3. The number of hydrogen-bond acceptors (Lipinski definition) is 2. The molecular formula is C11H14FNO2. The van der Waals surface area contributed by atoms with Crippen LogP contribution in [0.4, 0.5) is 4.39 Å². The highest BCUT2D eigenvalue weighted by Gasteiger charge is 2.19. The summed E-state index contributed by atoms with van der Waals surface area (Å²) in [5.74, 6) is -1.50. The average molecular weight is 211 g/mol. The number of benzene rings is 1. The van der Waals surface area contributed by atoms with Crippen molar-refractivity contribution < 1.29 is 14.3 Å². The summed E-state index contributed by atoms with van der Waals surface area (Å²) in [5, 5.41) is 9.39. The molecule has 0 atom stereocenters. The second-order valence-corrected chi connectivity index (χ2v) is 3.36. The number of phenolic OH excluding ortho intramolecular Hbond substituents is 1. The molecule has 0 fully saturated rings. The Morgan fingerprint density at radius 1 is 1.53 bits per heavy atom. The van der Waals surface area contributed by atoms with Gasteiger partial charge < -0.3 is 10.0 Å². The lowest BCUT2D eigenvalue weighted by molar-refractivity contribution is 0.0787. The Bertz CT molecular complexity index is 345. The SMILES string of the molecule is CCCN(C)C(=O)c1c(O)cccc1F. The highest BCUT2D eigenvalue weighted by Crippen LogP contribution is 2.21. The predicted octanol–water partition coefficient (Wildman–Crippen LogP) is 2.01. The summed E-state index contributed by atoms with van der Waals surface area (Å²) in [7, 11) is 1.58. The van der Waals surface area contributed by atoms with E-state index in [1.165, 1.54) is 17.0 Å². The van der Waals surface area contributed by atoms with Gasteiger partial charge in [-0.3, -0.25) is 4.79 Å². The summed E-state index contributed by atoms with van der Waals surface area (Å²) in [5.41, 5.74) is -0.256. The smallest absolute Gasteiger partial charge is 0.260 e. The molecule has 15 heavy (non-hydrogen) atoms. The molecule has 0 unspecified atom stereocenters. The van der Waals surface area contributed by atoms with Gasteiger partial charge in [0.2, 0.25) is 0 Å². The van der Waals surface area contributed by atoms with Gasteiger partial charge in [-0.05, 0) is 18.6 Å². The maximum absolute atomic E-state index is 13.3. The molecule has 1 amide bonds. The van der Waals surface area contributed by atoms with E-state index in [1.54, 1.807) is 7.05 Å². The molecule has 0 saturated carbocycles. The van der Waals surface area contributed by atoms with Gasteiger partial charge in [-0.25, -0.2) is 4.39 Å². The van der Waals surface area contributed by atoms with Crippen LogP contribution in [0.15, 0.2) is 18.2 Å². The first-order valence-electron chi connectivity index (χ1n) is 4.80. The molecule has 1 aromatic carbocycles. The van der Waals surface area contributed by atoms with Gasteiger partial charge in [0.05, 0.1) is 0 Å². The fourth-order valence-electron chi connectivity index (χ4n) is 1.35. The van der Waals surface area contributed by atoms with Gasteiger partial charge >= 0.3 is 0 Å². The highest BCUT2D eigenvalue weighted by molar-refractivity contribution is 5.96. The van der Waals surface area contributed by atoms with E-state index in [0.717, 1.165) is 12.5 Å². The molecule has 0 bridgehead atoms. The summed E-state index contributed by atoms with van der Waals surface area (Å²) in [6, 6.07) is 3.82. The number of rotatable bonds is 3. The van der Waals surface area contributed by atoms with Crippen LogP contribution in [-0.2, 0) is 0 Å². The third-order valence-corrected chi connectivity index (χ3v) is 2.11. The van der Waals surface area contributed by atoms with Crippen LogP contribution in [0.3, 0.4) is 0 Å². The van der Waals surface area contributed by atoms with E-state index in [9.17, 15) is 14.3 Å². The third-order valence-electron chi connectivity index (χ3n) is 2.11. The molecule has 0 radical (unpaired) electrons. The molecule has 4 heteroatoms. The monoisotopic (exact) mass is 211 g/mol. The summed E-state index contributed by atoms with van der Waals surface area (Å²) in [6.07, 6.45) is 0.789. The molecule has 3 nitrogen and oxygen atoms in total. The van der Waals surface area contributed by atoms with E-state index in [-0.39, 0.29) is 11.3 Å². The molecule has 82 valence electrons. The molecule has 0 aliphatic rings. The Morgan fingerprint density at radius 2 is 2.20 bits per heavy atom. The first-order chi connectivity index (χ1) is 7.07. The minimum absolute atomic E-state index is 0.256. The topological polar surface area (TPSA) is 40.5 Å². The third kappa shape index (κ3) is 2.46. The van der Waals surface area contributed by atoms with Crippen molar-refractivity contribution in [1.82, 2.24) is 4.90 Å². The number of phenols is 1. The zero-order valence-electron chi connectivity index (χ0n) is 8.83. The van der Waals surface area contributed by atoms with Crippen molar-refractivity contribution in [2.75, 3.05) is 13.6 Å². The summed E-state index contributed by atoms with van der Waals surface area (Å²) in [4.78, 5) is 13.1. The molecule has 0 aliphatic carbocycles. The molecule has 0 spiro atoms. The maximum Gasteiger partial charge on any atom is 0.260 e. The molecule has 1 N–H and O–H groups in total. The van der Waals surface area contributed by atoms with Crippen molar-refractivity contribution in [3.05, 3.63) is 29.6 Å². The van der Waals surface area contributed by atoms with Gasteiger partial charge in [-0.15, -0.1) is 0 Å². The quantitative estimate of drug-likeness (QED) is 0.830. The van der Waals surface area contributed by atoms with Crippen molar-refractivity contribution in [1.29, 1.82) is 0 Å². The molecule has 0 aliphatic heterocycles. The van der Waals surface area contributed by atoms with E-state index in [0.29, 0.717) is 6.54 Å². The molecule has 0 aromatic heterocycles. The molecule has 0 heterocycles. The van der Waals surface area contributed by atoms with Gasteiger partial charge in [-0.2, -0.15) is 0 Å². The summed E-state index contributed by atoms with van der Waals surface area (Å²) >= 11 is 0. The fourth-order valence-corrected chi connectivity index (χ4v) is 1.35. The Kier molecular flexibility index (Phi) is 3.66. The number of aromatic hydroxyl groups is 1. The van der Waals surface area contributed by atoms with Gasteiger partial charge in [0.1, 0.15) is 17.1 Å². The maximum atomic E-state index is 13.3. The molecule has 0 saturated heterocycles. The van der Waals surface area contributed by atoms with Crippen LogP contribution in [-0.4, -0.2) is 29.5 Å². The molecule has 1 aromatic rings. The van der Waals surface area contributed by atoms with Crippen LogP contribution < -0.4 is 0 Å². The van der Waals surface area contributed by atoms with Crippen LogP contribution >= 0.6 is 0 Å². The Balaban J connectivity index is 3.00. The van der Waals surface area contributed by atoms with Crippen LogP contribution in [0.5, 0.6) is 5.75 Å². The first kappa shape index (κ1) is 11.5. The molecule has 1 rings (SSSR count). The van der Waals surface area contributed by atoms with Gasteiger partial charge in [0.25, 0.3) is 5.91 Å². The van der Waals surface area contributed by atoms with E-state index in [4.69, 9.17) is 0 Å². The van der Waals surface area contributed by atoms with Gasteiger partial charge in [-0.1, -0.05) is 13.0 Å². The average Bonchev–Trinajstić information content (AvgIpc) is 2.17. The van der Waals surface area contributed by atoms with Crippen LogP contribution in [0.1, 0.15) is 23.7 Å². The van der Waals surface area contributed by atoms with Crippen molar-refractivity contribution >= 4 is 5.91 Å². The Morgan fingerprint density at radius 3 is 2.73 bits per heavy atom. The Labute approximate surface area is 88.1 Å². The second kappa shape index (κ2) is 4.77. The minimum atomic E-state index is -0.692. The van der Waals surface area contributed by atoms with E-state index in [1.807, 2.05) is 6.92 Å². The number of halogens is 1. The summed E-state index contributed by atoms with van der Waals surface area (Å²) in [6.45, 7) is 2.46. The van der Waals surface area contributed by atoms with Gasteiger partial charge in [0.15, 0.2) is 0 Å². The zero-order valence-corrected chi connectivity index (χ0v) is 8.83. The lowest BCUT2D eigenvalue weighted by atomic mass is 10.1. The van der Waals surface area contributed by atoms with E-state index in [2.05, 4.69) is 0 Å².